The molecule has 3 nitrogen and oxygen atoms in total. The van der Waals surface area contributed by atoms with E-state index in [0.29, 0.717) is 6.54 Å². The summed E-state index contributed by atoms with van der Waals surface area (Å²) >= 11 is 0. The maximum absolute atomic E-state index is 10.2. The van der Waals surface area contributed by atoms with Crippen molar-refractivity contribution in [1.29, 1.82) is 0 Å². The van der Waals surface area contributed by atoms with Crippen molar-refractivity contribution in [3.05, 3.63) is 35.9 Å². The quantitative estimate of drug-likeness (QED) is 0.857. The second-order valence-electron chi connectivity index (χ2n) is 5.23. The average Bonchev–Trinajstić information content (AvgIpc) is 2.40. The van der Waals surface area contributed by atoms with E-state index in [0.717, 1.165) is 24.9 Å². The van der Waals surface area contributed by atoms with Crippen molar-refractivity contribution in [3.8, 4) is 0 Å². The third-order valence-electron chi connectivity index (χ3n) is 3.81. The van der Waals surface area contributed by atoms with Gasteiger partial charge >= 0.3 is 0 Å². The lowest BCUT2D eigenvalue weighted by Crippen LogP contribution is -2.47. The number of likely N-dealkylation sites (tertiary alicyclic amines) is 1. The van der Waals surface area contributed by atoms with Crippen LogP contribution in [0.2, 0.25) is 0 Å². The highest BCUT2D eigenvalue weighted by molar-refractivity contribution is 5.17. The molecule has 1 aromatic carbocycles. The van der Waals surface area contributed by atoms with Gasteiger partial charge in [0.2, 0.25) is 0 Å². The Hall–Kier alpha value is -0.900. The molecule has 3 heteroatoms. The van der Waals surface area contributed by atoms with Gasteiger partial charge < -0.3 is 10.2 Å². The minimum absolute atomic E-state index is 0.192. The number of rotatable bonds is 4. The van der Waals surface area contributed by atoms with Crippen LogP contribution < -0.4 is 0 Å². The number of aliphatic hydroxyl groups excluding tert-OH is 2. The summed E-state index contributed by atoms with van der Waals surface area (Å²) in [4.78, 5) is 2.23. The summed E-state index contributed by atoms with van der Waals surface area (Å²) in [5.41, 5.74) is 0.951. The van der Waals surface area contributed by atoms with Gasteiger partial charge in [0.1, 0.15) is 0 Å². The van der Waals surface area contributed by atoms with Crippen molar-refractivity contribution < 1.29 is 10.2 Å². The van der Waals surface area contributed by atoms with E-state index in [4.69, 9.17) is 0 Å². The van der Waals surface area contributed by atoms with Crippen LogP contribution in [0.3, 0.4) is 0 Å². The van der Waals surface area contributed by atoms with Crippen LogP contribution in [0.25, 0.3) is 0 Å². The normalized spacial score (nSPS) is 24.7. The first-order valence-electron chi connectivity index (χ1n) is 6.83. The zero-order valence-corrected chi connectivity index (χ0v) is 11.0. The molecule has 1 saturated heterocycles. The molecule has 0 spiro atoms. The van der Waals surface area contributed by atoms with Crippen molar-refractivity contribution in [2.75, 3.05) is 13.1 Å². The number of β-amino-alcohol motifs (C(OH)–C–C–N with tert-alkyl or cyclic N) is 1. The summed E-state index contributed by atoms with van der Waals surface area (Å²) in [6.45, 7) is 3.43. The minimum atomic E-state index is -0.467. The molecule has 2 N–H and O–H groups in total. The summed E-state index contributed by atoms with van der Waals surface area (Å²) in [7, 11) is 0. The fourth-order valence-electron chi connectivity index (χ4n) is 2.79. The predicted molar refractivity (Wildman–Crippen MR) is 72.3 cm³/mol. The number of piperidine rings is 1. The van der Waals surface area contributed by atoms with Gasteiger partial charge in [-0.1, -0.05) is 36.8 Å². The Morgan fingerprint density at radius 3 is 2.61 bits per heavy atom. The Bertz CT molecular complexity index is 353. The predicted octanol–water partition coefficient (Wildman–Crippen LogP) is 1.96. The van der Waals surface area contributed by atoms with Crippen LogP contribution in [-0.4, -0.2) is 40.3 Å². The Kier molecular flexibility index (Phi) is 4.75. The second-order valence-corrected chi connectivity index (χ2v) is 5.23. The van der Waals surface area contributed by atoms with Crippen LogP contribution >= 0.6 is 0 Å². The molecule has 18 heavy (non-hydrogen) atoms. The lowest BCUT2D eigenvalue weighted by atomic mass is 9.97. The topological polar surface area (TPSA) is 43.7 Å². The van der Waals surface area contributed by atoms with Crippen molar-refractivity contribution in [1.82, 2.24) is 4.90 Å². The molecule has 1 aliphatic heterocycles. The molecule has 1 heterocycles. The molecule has 1 aromatic rings. The molecule has 100 valence electrons. The van der Waals surface area contributed by atoms with Crippen molar-refractivity contribution in [2.45, 2.75) is 44.4 Å². The molecular formula is C15H23NO2. The number of nitrogens with zero attached hydrogens (tertiary/aromatic N) is 1. The van der Waals surface area contributed by atoms with Crippen molar-refractivity contribution in [2.24, 2.45) is 0 Å². The van der Waals surface area contributed by atoms with E-state index < -0.39 is 6.10 Å². The van der Waals surface area contributed by atoms with Gasteiger partial charge in [-0.2, -0.15) is 0 Å². The van der Waals surface area contributed by atoms with Gasteiger partial charge in [-0.15, -0.1) is 0 Å². The van der Waals surface area contributed by atoms with Gasteiger partial charge in [0.15, 0.2) is 0 Å². The number of aliphatic hydroxyl groups is 2. The molecule has 0 unspecified atom stereocenters. The van der Waals surface area contributed by atoms with Crippen molar-refractivity contribution >= 4 is 0 Å². The fraction of sp³-hybridized carbons (Fsp3) is 0.600. The summed E-state index contributed by atoms with van der Waals surface area (Å²) in [5, 5.41) is 20.1. The Morgan fingerprint density at radius 2 is 1.94 bits per heavy atom. The molecule has 0 radical (unpaired) electrons. The van der Waals surface area contributed by atoms with Crippen LogP contribution in [0.15, 0.2) is 30.3 Å². The molecule has 0 saturated carbocycles. The van der Waals surface area contributed by atoms with Crippen LogP contribution in [0.4, 0.5) is 0 Å². The highest BCUT2D eigenvalue weighted by Crippen LogP contribution is 2.23. The Balaban J connectivity index is 1.99. The van der Waals surface area contributed by atoms with E-state index in [1.54, 1.807) is 0 Å². The van der Waals surface area contributed by atoms with Gasteiger partial charge in [-0.05, 0) is 31.9 Å². The van der Waals surface area contributed by atoms with Gasteiger partial charge in [0.25, 0.3) is 0 Å². The van der Waals surface area contributed by atoms with E-state index in [-0.39, 0.29) is 12.1 Å². The lowest BCUT2D eigenvalue weighted by molar-refractivity contribution is 0.00763. The first-order valence-corrected chi connectivity index (χ1v) is 6.83. The minimum Gasteiger partial charge on any atom is -0.392 e. The largest absolute Gasteiger partial charge is 0.392 e. The van der Waals surface area contributed by atoms with Gasteiger partial charge in [-0.25, -0.2) is 0 Å². The smallest absolute Gasteiger partial charge is 0.0917 e. The van der Waals surface area contributed by atoms with Crippen LogP contribution in [-0.2, 0) is 0 Å². The zero-order chi connectivity index (χ0) is 13.0. The van der Waals surface area contributed by atoms with Crippen LogP contribution in [0.5, 0.6) is 0 Å². The molecule has 1 fully saturated rings. The zero-order valence-electron chi connectivity index (χ0n) is 11.0. The molecular weight excluding hydrogens is 226 g/mol. The molecule has 2 rings (SSSR count). The molecule has 0 aromatic heterocycles. The SMILES string of the molecule is C[C@H](O)[C@H]1CCCCN1C[C@H](O)c1ccccc1. The van der Waals surface area contributed by atoms with E-state index in [1.165, 1.54) is 6.42 Å². The monoisotopic (exact) mass is 249 g/mol. The molecule has 0 amide bonds. The Labute approximate surface area is 109 Å². The highest BCUT2D eigenvalue weighted by Gasteiger charge is 2.27. The molecule has 0 aliphatic carbocycles. The second kappa shape index (κ2) is 6.32. The van der Waals surface area contributed by atoms with Gasteiger partial charge in [0, 0.05) is 12.6 Å². The number of hydrogen-bond donors (Lipinski definition) is 2. The van der Waals surface area contributed by atoms with E-state index in [1.807, 2.05) is 37.3 Å². The van der Waals surface area contributed by atoms with E-state index >= 15 is 0 Å². The van der Waals surface area contributed by atoms with Crippen LogP contribution in [0, 0.1) is 0 Å². The standard InChI is InChI=1S/C15H23NO2/c1-12(17)14-9-5-6-10-16(14)11-15(18)13-7-3-2-4-8-13/h2-4,7-8,12,14-15,17-18H,5-6,9-11H2,1H3/t12-,14+,15-/m0/s1. The number of benzene rings is 1. The van der Waals surface area contributed by atoms with E-state index in [2.05, 4.69) is 4.90 Å². The first-order chi connectivity index (χ1) is 8.68. The molecule has 0 bridgehead atoms. The lowest BCUT2D eigenvalue weighted by Gasteiger charge is -2.38. The molecule has 3 atom stereocenters. The van der Waals surface area contributed by atoms with Crippen molar-refractivity contribution in [3.63, 3.8) is 0 Å². The molecule has 1 aliphatic rings. The Morgan fingerprint density at radius 1 is 1.22 bits per heavy atom. The average molecular weight is 249 g/mol. The van der Waals surface area contributed by atoms with Crippen LogP contribution in [0.1, 0.15) is 37.9 Å². The summed E-state index contributed by atoms with van der Waals surface area (Å²) < 4.78 is 0. The van der Waals surface area contributed by atoms with Gasteiger partial charge in [-0.3, -0.25) is 4.90 Å². The van der Waals surface area contributed by atoms with E-state index in [9.17, 15) is 10.2 Å². The maximum Gasteiger partial charge on any atom is 0.0917 e. The maximum atomic E-state index is 10.2. The van der Waals surface area contributed by atoms with Gasteiger partial charge in [0.05, 0.1) is 12.2 Å². The fourth-order valence-corrected chi connectivity index (χ4v) is 2.79. The first kappa shape index (κ1) is 13.5. The number of hydrogen-bond acceptors (Lipinski definition) is 3. The summed E-state index contributed by atoms with van der Waals surface area (Å²) in [6.07, 6.45) is 2.57. The summed E-state index contributed by atoms with van der Waals surface area (Å²) in [6, 6.07) is 9.94. The third kappa shape index (κ3) is 3.31. The highest BCUT2D eigenvalue weighted by atomic mass is 16.3. The third-order valence-corrected chi connectivity index (χ3v) is 3.81. The summed E-state index contributed by atoms with van der Waals surface area (Å²) in [5.74, 6) is 0.